The molecule has 0 saturated heterocycles. The zero-order valence-electron chi connectivity index (χ0n) is 23.4. The normalized spacial score (nSPS) is 12.8. The van der Waals surface area contributed by atoms with Crippen LogP contribution >= 0.6 is 11.6 Å². The number of hydrogen-bond donors (Lipinski definition) is 1. The van der Waals surface area contributed by atoms with E-state index >= 15 is 0 Å². The maximum Gasteiger partial charge on any atom is 0.264 e. The van der Waals surface area contributed by atoms with Gasteiger partial charge < -0.3 is 15.0 Å². The molecule has 2 amide bonds. The summed E-state index contributed by atoms with van der Waals surface area (Å²) in [5, 5.41) is 3.37. The smallest absolute Gasteiger partial charge is 0.264 e. The van der Waals surface area contributed by atoms with Crippen molar-refractivity contribution in [2.45, 2.75) is 57.6 Å². The quantitative estimate of drug-likeness (QED) is 0.316. The minimum Gasteiger partial charge on any atom is -0.497 e. The highest BCUT2D eigenvalue weighted by molar-refractivity contribution is 7.92. The van der Waals surface area contributed by atoms with Gasteiger partial charge in [-0.2, -0.15) is 0 Å². The molecular weight excluding hydrogens is 550 g/mol. The van der Waals surface area contributed by atoms with Gasteiger partial charge in [-0.05, 0) is 80.8 Å². The maximum atomic E-state index is 14.0. The maximum absolute atomic E-state index is 14.0. The summed E-state index contributed by atoms with van der Waals surface area (Å²) in [6.07, 6.45) is 0.726. The van der Waals surface area contributed by atoms with Crippen LogP contribution in [0.5, 0.6) is 5.75 Å². The van der Waals surface area contributed by atoms with Crippen LogP contribution in [0.3, 0.4) is 0 Å². The number of methoxy groups -OCH3 is 1. The van der Waals surface area contributed by atoms with E-state index in [0.717, 1.165) is 16.3 Å². The van der Waals surface area contributed by atoms with Crippen molar-refractivity contribution in [2.75, 3.05) is 18.0 Å². The first-order valence-corrected chi connectivity index (χ1v) is 14.9. The van der Waals surface area contributed by atoms with Gasteiger partial charge in [0.05, 0.1) is 17.7 Å². The molecule has 2 atom stereocenters. The van der Waals surface area contributed by atoms with Gasteiger partial charge in [-0.25, -0.2) is 8.42 Å². The number of benzene rings is 3. The number of nitrogens with one attached hydrogen (secondary N) is 1. The van der Waals surface area contributed by atoms with Crippen LogP contribution in [0, 0.1) is 6.92 Å². The fourth-order valence-corrected chi connectivity index (χ4v) is 5.83. The Bertz CT molecular complexity index is 1420. The van der Waals surface area contributed by atoms with Gasteiger partial charge in [0.25, 0.3) is 10.0 Å². The number of nitrogens with zero attached hydrogens (tertiary/aromatic N) is 2. The van der Waals surface area contributed by atoms with E-state index in [9.17, 15) is 18.0 Å². The number of amides is 2. The summed E-state index contributed by atoms with van der Waals surface area (Å²) in [7, 11) is -2.58. The fourth-order valence-electron chi connectivity index (χ4n) is 4.11. The molecule has 8 nitrogen and oxygen atoms in total. The molecule has 0 saturated carbocycles. The van der Waals surface area contributed by atoms with Gasteiger partial charge in [0.1, 0.15) is 18.3 Å². The molecule has 0 aliphatic heterocycles. The van der Waals surface area contributed by atoms with Crippen molar-refractivity contribution < 1.29 is 22.7 Å². The average molecular weight is 586 g/mol. The third kappa shape index (κ3) is 7.55. The van der Waals surface area contributed by atoms with Gasteiger partial charge in [-0.15, -0.1) is 0 Å². The standard InChI is InChI=1S/C30H36ClN3O5S/c1-6-22(3)32-30(36)23(4)33(19-24-12-15-26(39-5)16-13-24)29(35)20-34(28-17-14-25(31)18-21(28)2)40(37,38)27-10-8-7-9-11-27/h7-18,22-23H,6,19-20H2,1-5H3,(H,32,36)/t22-,23-/m0/s1. The largest absolute Gasteiger partial charge is 0.497 e. The Kier molecular flexibility index (Phi) is 10.6. The lowest BCUT2D eigenvalue weighted by Crippen LogP contribution is -2.52. The molecule has 10 heteroatoms. The van der Waals surface area contributed by atoms with Crippen molar-refractivity contribution in [3.05, 3.63) is 88.9 Å². The predicted octanol–water partition coefficient (Wildman–Crippen LogP) is 5.18. The third-order valence-electron chi connectivity index (χ3n) is 6.72. The van der Waals surface area contributed by atoms with E-state index in [1.807, 2.05) is 13.8 Å². The Morgan fingerprint density at radius 3 is 2.23 bits per heavy atom. The highest BCUT2D eigenvalue weighted by atomic mass is 35.5. The number of sulfonamides is 1. The molecule has 0 spiro atoms. The first-order chi connectivity index (χ1) is 19.0. The van der Waals surface area contributed by atoms with E-state index in [-0.39, 0.29) is 23.4 Å². The summed E-state index contributed by atoms with van der Waals surface area (Å²) in [6.45, 7) is 6.79. The van der Waals surface area contributed by atoms with Crippen molar-refractivity contribution in [2.24, 2.45) is 0 Å². The Morgan fingerprint density at radius 2 is 1.65 bits per heavy atom. The molecule has 0 bridgehead atoms. The van der Waals surface area contributed by atoms with Gasteiger partial charge in [0.15, 0.2) is 0 Å². The second-order valence-electron chi connectivity index (χ2n) is 9.62. The third-order valence-corrected chi connectivity index (χ3v) is 8.73. The van der Waals surface area contributed by atoms with Crippen LogP contribution in [0.15, 0.2) is 77.7 Å². The monoisotopic (exact) mass is 585 g/mol. The highest BCUT2D eigenvalue weighted by Gasteiger charge is 2.33. The molecule has 0 aliphatic carbocycles. The van der Waals surface area contributed by atoms with E-state index in [2.05, 4.69) is 5.32 Å². The number of ether oxygens (including phenoxy) is 1. The van der Waals surface area contributed by atoms with Crippen molar-refractivity contribution in [1.82, 2.24) is 10.2 Å². The lowest BCUT2D eigenvalue weighted by Gasteiger charge is -2.33. The Labute approximate surface area is 241 Å². The van der Waals surface area contributed by atoms with Gasteiger partial charge in [-0.3, -0.25) is 13.9 Å². The minimum atomic E-state index is -4.14. The lowest BCUT2D eigenvalue weighted by atomic mass is 10.1. The van der Waals surface area contributed by atoms with E-state index < -0.39 is 28.5 Å². The number of carbonyl (C=O) groups is 2. The van der Waals surface area contributed by atoms with Gasteiger partial charge in [-0.1, -0.05) is 48.9 Å². The van der Waals surface area contributed by atoms with Gasteiger partial charge >= 0.3 is 0 Å². The van der Waals surface area contributed by atoms with Crippen molar-refractivity contribution in [3.63, 3.8) is 0 Å². The Balaban J connectivity index is 2.04. The molecule has 214 valence electrons. The van der Waals surface area contributed by atoms with Crippen LogP contribution in [-0.4, -0.2) is 50.9 Å². The molecule has 3 aromatic carbocycles. The van der Waals surface area contributed by atoms with E-state index in [4.69, 9.17) is 16.3 Å². The number of anilines is 1. The van der Waals surface area contributed by atoms with Crippen LogP contribution in [0.1, 0.15) is 38.3 Å². The number of carbonyl (C=O) groups excluding carboxylic acids is 2. The van der Waals surface area contributed by atoms with Crippen LogP contribution in [0.2, 0.25) is 5.02 Å². The van der Waals surface area contributed by atoms with Gasteiger partial charge in [0.2, 0.25) is 11.8 Å². The second-order valence-corrected chi connectivity index (χ2v) is 11.9. The van der Waals surface area contributed by atoms with E-state index in [1.165, 1.54) is 17.0 Å². The summed E-state index contributed by atoms with van der Waals surface area (Å²) < 4.78 is 34.1. The topological polar surface area (TPSA) is 96.0 Å². The molecule has 0 fully saturated rings. The molecule has 3 rings (SSSR count). The number of hydrogen-bond acceptors (Lipinski definition) is 5. The molecule has 3 aromatic rings. The molecule has 40 heavy (non-hydrogen) atoms. The van der Waals surface area contributed by atoms with Crippen molar-refractivity contribution in [1.29, 1.82) is 0 Å². The molecule has 1 N–H and O–H groups in total. The zero-order valence-corrected chi connectivity index (χ0v) is 25.0. The SMILES string of the molecule is CC[C@H](C)NC(=O)[C@H](C)N(Cc1ccc(OC)cc1)C(=O)CN(c1ccc(Cl)cc1C)S(=O)(=O)c1ccccc1. The Hall–Kier alpha value is -3.56. The Morgan fingerprint density at radius 1 is 1.00 bits per heavy atom. The number of halogens is 1. The first kappa shape index (κ1) is 31.0. The molecule has 0 aromatic heterocycles. The molecule has 0 heterocycles. The average Bonchev–Trinajstić information content (AvgIpc) is 2.95. The highest BCUT2D eigenvalue weighted by Crippen LogP contribution is 2.29. The molecular formula is C30H36ClN3O5S. The summed E-state index contributed by atoms with van der Waals surface area (Å²) >= 11 is 6.15. The minimum absolute atomic E-state index is 0.0430. The summed E-state index contributed by atoms with van der Waals surface area (Å²) in [5.74, 6) is -0.199. The van der Waals surface area contributed by atoms with E-state index in [1.54, 1.807) is 81.6 Å². The number of aryl methyl sites for hydroxylation is 1. The van der Waals surface area contributed by atoms with Crippen molar-refractivity contribution in [3.8, 4) is 5.75 Å². The summed E-state index contributed by atoms with van der Waals surface area (Å²) in [5.41, 5.74) is 1.67. The summed E-state index contributed by atoms with van der Waals surface area (Å²) in [6, 6.07) is 18.9. The zero-order chi connectivity index (χ0) is 29.4. The van der Waals surface area contributed by atoms with Crippen molar-refractivity contribution >= 4 is 39.1 Å². The molecule has 0 aliphatic rings. The first-order valence-electron chi connectivity index (χ1n) is 13.0. The number of rotatable bonds is 12. The van der Waals surface area contributed by atoms with Crippen LogP contribution in [0.25, 0.3) is 0 Å². The van der Waals surface area contributed by atoms with Crippen LogP contribution in [0.4, 0.5) is 5.69 Å². The fraction of sp³-hybridized carbons (Fsp3) is 0.333. The second kappa shape index (κ2) is 13.7. The van der Waals surface area contributed by atoms with Crippen LogP contribution in [-0.2, 0) is 26.2 Å². The van der Waals surface area contributed by atoms with Gasteiger partial charge in [0, 0.05) is 17.6 Å². The lowest BCUT2D eigenvalue weighted by molar-refractivity contribution is -0.139. The molecule has 0 radical (unpaired) electrons. The molecule has 0 unspecified atom stereocenters. The van der Waals surface area contributed by atoms with Crippen LogP contribution < -0.4 is 14.4 Å². The predicted molar refractivity (Wildman–Crippen MR) is 158 cm³/mol. The summed E-state index contributed by atoms with van der Waals surface area (Å²) in [4.78, 5) is 28.6. The van der Waals surface area contributed by atoms with E-state index in [0.29, 0.717) is 22.0 Å².